The molecule has 0 aliphatic carbocycles. The number of hydrogen-bond acceptors (Lipinski definition) is 4. The number of nitrogens with zero attached hydrogens (tertiary/aromatic N) is 2. The zero-order valence-electron chi connectivity index (χ0n) is 10.6. The molecule has 0 unspecified atom stereocenters. The number of H-pyrrole nitrogens is 1. The van der Waals surface area contributed by atoms with Crippen LogP contribution < -0.4 is 0 Å². The maximum absolute atomic E-state index is 10.8. The molecule has 0 atom stereocenters. The summed E-state index contributed by atoms with van der Waals surface area (Å²) in [5, 5.41) is 10.8. The monoisotopic (exact) mass is 275 g/mol. The molecule has 5 nitrogen and oxygen atoms in total. The van der Waals surface area contributed by atoms with Crippen LogP contribution in [0.5, 0.6) is 0 Å². The summed E-state index contributed by atoms with van der Waals surface area (Å²) in [5.41, 5.74) is 2.65. The van der Waals surface area contributed by atoms with Gasteiger partial charge >= 0.3 is 0 Å². The summed E-state index contributed by atoms with van der Waals surface area (Å²) in [7, 11) is 0. The van der Waals surface area contributed by atoms with Gasteiger partial charge in [-0.05, 0) is 13.3 Å². The smallest absolute Gasteiger partial charge is 0.270 e. The number of aromatic nitrogens is 2. The van der Waals surface area contributed by atoms with Crippen molar-refractivity contribution in [1.29, 1.82) is 0 Å². The Morgan fingerprint density at radius 3 is 2.84 bits per heavy atom. The lowest BCUT2D eigenvalue weighted by molar-refractivity contribution is -0.384. The molecule has 1 aromatic carbocycles. The highest BCUT2D eigenvalue weighted by molar-refractivity contribution is 7.71. The van der Waals surface area contributed by atoms with Gasteiger partial charge in [-0.2, -0.15) is 0 Å². The first-order valence-corrected chi connectivity index (χ1v) is 6.28. The zero-order chi connectivity index (χ0) is 14.0. The lowest BCUT2D eigenvalue weighted by atomic mass is 10.1. The van der Waals surface area contributed by atoms with Crippen LogP contribution in [0.4, 0.5) is 5.69 Å². The van der Waals surface area contributed by atoms with Crippen molar-refractivity contribution >= 4 is 17.9 Å². The molecule has 6 heteroatoms. The van der Waals surface area contributed by atoms with Crippen LogP contribution in [0.2, 0.25) is 0 Å². The molecule has 0 saturated carbocycles. The minimum Gasteiger partial charge on any atom is -0.343 e. The first-order valence-electron chi connectivity index (χ1n) is 5.87. The molecular weight excluding hydrogens is 262 g/mol. The molecule has 0 saturated heterocycles. The van der Waals surface area contributed by atoms with Crippen LogP contribution in [-0.2, 0) is 6.42 Å². The summed E-state index contributed by atoms with van der Waals surface area (Å²) in [6.07, 6.45) is 0.805. The molecule has 2 aromatic rings. The number of rotatable bonds is 3. The predicted molar refractivity (Wildman–Crippen MR) is 75.6 cm³/mol. The van der Waals surface area contributed by atoms with Gasteiger partial charge in [-0.15, -0.1) is 0 Å². The number of nitrogens with one attached hydrogen (secondary N) is 1. The van der Waals surface area contributed by atoms with E-state index in [0.717, 1.165) is 17.7 Å². The van der Waals surface area contributed by atoms with Crippen molar-refractivity contribution in [3.05, 3.63) is 50.3 Å². The number of aryl methyl sites for hydroxylation is 1. The number of benzene rings is 1. The lowest BCUT2D eigenvalue weighted by Gasteiger charge is -2.07. The molecule has 0 radical (unpaired) electrons. The van der Waals surface area contributed by atoms with Crippen LogP contribution in [0.25, 0.3) is 11.4 Å². The van der Waals surface area contributed by atoms with Gasteiger partial charge in [-0.3, -0.25) is 10.1 Å². The van der Waals surface area contributed by atoms with Gasteiger partial charge < -0.3 is 4.98 Å². The average molecular weight is 275 g/mol. The van der Waals surface area contributed by atoms with Crippen molar-refractivity contribution in [3.8, 4) is 11.4 Å². The normalized spacial score (nSPS) is 10.4. The van der Waals surface area contributed by atoms with E-state index in [0.29, 0.717) is 16.0 Å². The fraction of sp³-hybridized carbons (Fsp3) is 0.231. The first kappa shape index (κ1) is 13.4. The molecule has 2 rings (SSSR count). The molecule has 1 heterocycles. The third-order valence-corrected chi connectivity index (χ3v) is 3.34. The Balaban J connectivity index is 2.59. The Bertz CT molecular complexity index is 695. The average Bonchev–Trinajstić information content (AvgIpc) is 2.41. The molecular formula is C13H13N3O2S. The lowest BCUT2D eigenvalue weighted by Crippen LogP contribution is -1.99. The van der Waals surface area contributed by atoms with Gasteiger partial charge in [0, 0.05) is 29.0 Å². The Morgan fingerprint density at radius 1 is 1.47 bits per heavy atom. The van der Waals surface area contributed by atoms with Gasteiger partial charge in [0.25, 0.3) is 5.69 Å². The number of aromatic amines is 1. The molecule has 19 heavy (non-hydrogen) atoms. The second-order valence-corrected chi connectivity index (χ2v) is 4.54. The molecule has 0 amide bonds. The summed E-state index contributed by atoms with van der Waals surface area (Å²) in [5.74, 6) is 0.566. The standard InChI is InChI=1S/C13H13N3O2S/c1-3-11-8(2)13(19)15-12(14-11)9-5-4-6-10(7-9)16(17)18/h4-7H,3H2,1-2H3,(H,14,15,19). The van der Waals surface area contributed by atoms with Crippen molar-refractivity contribution in [2.24, 2.45) is 0 Å². The summed E-state index contributed by atoms with van der Waals surface area (Å²) in [4.78, 5) is 17.8. The van der Waals surface area contributed by atoms with E-state index in [4.69, 9.17) is 12.2 Å². The quantitative estimate of drug-likeness (QED) is 0.528. The molecule has 1 aromatic heterocycles. The van der Waals surface area contributed by atoms with Crippen LogP contribution >= 0.6 is 12.2 Å². The van der Waals surface area contributed by atoms with Crippen molar-refractivity contribution in [2.75, 3.05) is 0 Å². The Kier molecular flexibility index (Phi) is 3.71. The minimum absolute atomic E-state index is 0.0391. The first-order chi connectivity index (χ1) is 9.02. The summed E-state index contributed by atoms with van der Waals surface area (Å²) < 4.78 is 0.525. The van der Waals surface area contributed by atoms with Gasteiger partial charge in [0.05, 0.1) is 4.92 Å². The predicted octanol–water partition coefficient (Wildman–Crippen LogP) is 3.59. The third kappa shape index (κ3) is 2.68. The van der Waals surface area contributed by atoms with Gasteiger partial charge in [-0.1, -0.05) is 31.3 Å². The Hall–Kier alpha value is -2.08. The van der Waals surface area contributed by atoms with Gasteiger partial charge in [0.15, 0.2) is 0 Å². The topological polar surface area (TPSA) is 71.8 Å². The number of non-ortho nitro benzene ring substituents is 1. The van der Waals surface area contributed by atoms with Crippen LogP contribution in [-0.4, -0.2) is 14.9 Å². The van der Waals surface area contributed by atoms with Gasteiger partial charge in [0.2, 0.25) is 0 Å². The highest BCUT2D eigenvalue weighted by Crippen LogP contribution is 2.22. The summed E-state index contributed by atoms with van der Waals surface area (Å²) in [6.45, 7) is 3.94. The van der Waals surface area contributed by atoms with E-state index in [1.165, 1.54) is 12.1 Å². The van der Waals surface area contributed by atoms with Crippen LogP contribution in [0.3, 0.4) is 0 Å². The Morgan fingerprint density at radius 2 is 2.21 bits per heavy atom. The molecule has 98 valence electrons. The highest BCUT2D eigenvalue weighted by Gasteiger charge is 2.10. The minimum atomic E-state index is -0.424. The SMILES string of the molecule is CCc1[nH]c(-c2cccc([N+](=O)[O-])c2)nc(=S)c1C. The number of hydrogen-bond donors (Lipinski definition) is 1. The van der Waals surface area contributed by atoms with E-state index in [1.807, 2.05) is 13.8 Å². The largest absolute Gasteiger partial charge is 0.343 e. The van der Waals surface area contributed by atoms with E-state index in [1.54, 1.807) is 12.1 Å². The number of nitro benzene ring substituents is 1. The molecule has 0 fully saturated rings. The van der Waals surface area contributed by atoms with Gasteiger partial charge in [-0.25, -0.2) is 4.98 Å². The maximum Gasteiger partial charge on any atom is 0.270 e. The summed E-state index contributed by atoms with van der Waals surface area (Å²) in [6, 6.07) is 6.35. The molecule has 0 spiro atoms. The summed E-state index contributed by atoms with van der Waals surface area (Å²) >= 11 is 5.21. The van der Waals surface area contributed by atoms with Crippen LogP contribution in [0.15, 0.2) is 24.3 Å². The van der Waals surface area contributed by atoms with Crippen molar-refractivity contribution in [1.82, 2.24) is 9.97 Å². The second kappa shape index (κ2) is 5.27. The van der Waals surface area contributed by atoms with E-state index in [-0.39, 0.29) is 5.69 Å². The number of nitro groups is 1. The van der Waals surface area contributed by atoms with Crippen LogP contribution in [0, 0.1) is 21.7 Å². The fourth-order valence-electron chi connectivity index (χ4n) is 1.84. The molecule has 1 N–H and O–H groups in total. The van der Waals surface area contributed by atoms with E-state index in [2.05, 4.69) is 9.97 Å². The fourth-order valence-corrected chi connectivity index (χ4v) is 2.05. The van der Waals surface area contributed by atoms with E-state index < -0.39 is 4.92 Å². The maximum atomic E-state index is 10.8. The molecule has 0 aliphatic heterocycles. The van der Waals surface area contributed by atoms with E-state index in [9.17, 15) is 10.1 Å². The second-order valence-electron chi connectivity index (χ2n) is 4.16. The molecule has 0 aliphatic rings. The van der Waals surface area contributed by atoms with Crippen LogP contribution in [0.1, 0.15) is 18.2 Å². The molecule has 0 bridgehead atoms. The van der Waals surface area contributed by atoms with Crippen molar-refractivity contribution in [2.45, 2.75) is 20.3 Å². The van der Waals surface area contributed by atoms with Crippen molar-refractivity contribution in [3.63, 3.8) is 0 Å². The van der Waals surface area contributed by atoms with E-state index >= 15 is 0 Å². The Labute approximate surface area is 115 Å². The highest BCUT2D eigenvalue weighted by atomic mass is 32.1. The van der Waals surface area contributed by atoms with Gasteiger partial charge in [0.1, 0.15) is 10.5 Å². The van der Waals surface area contributed by atoms with Crippen molar-refractivity contribution < 1.29 is 4.92 Å². The zero-order valence-corrected chi connectivity index (χ0v) is 11.5. The third-order valence-electron chi connectivity index (χ3n) is 2.94.